The van der Waals surface area contributed by atoms with Gasteiger partial charge in [-0.3, -0.25) is 19.9 Å². The molecule has 0 spiro atoms. The van der Waals surface area contributed by atoms with Crippen LogP contribution in [0.2, 0.25) is 0 Å². The Morgan fingerprint density at radius 2 is 2.08 bits per heavy atom. The Balaban J connectivity index is 1.44. The highest BCUT2D eigenvalue weighted by Crippen LogP contribution is 2.29. The summed E-state index contributed by atoms with van der Waals surface area (Å²) < 4.78 is 12.3. The van der Waals surface area contributed by atoms with Gasteiger partial charge in [0.15, 0.2) is 12.2 Å². The van der Waals surface area contributed by atoms with E-state index < -0.39 is 0 Å². The molecule has 1 aromatic carbocycles. The zero-order valence-electron chi connectivity index (χ0n) is 21.0. The maximum atomic E-state index is 13.2. The lowest BCUT2D eigenvalue weighted by Crippen LogP contribution is -2.26. The Hall–Kier alpha value is -4.35. The number of aryl methyl sites for hydroxylation is 2. The smallest absolute Gasteiger partial charge is 0.268 e. The topological polar surface area (TPSA) is 115 Å². The van der Waals surface area contributed by atoms with Gasteiger partial charge in [0, 0.05) is 44.7 Å². The van der Waals surface area contributed by atoms with E-state index in [4.69, 9.17) is 14.1 Å². The number of carbonyl (C=O) groups excluding carboxylic acids is 2. The van der Waals surface area contributed by atoms with Crippen LogP contribution in [-0.2, 0) is 22.5 Å². The van der Waals surface area contributed by atoms with Crippen LogP contribution in [0, 0.1) is 0 Å². The van der Waals surface area contributed by atoms with E-state index in [1.807, 2.05) is 47.0 Å². The molecule has 0 atom stereocenters. The summed E-state index contributed by atoms with van der Waals surface area (Å²) in [6.07, 6.45) is 5.66. The number of imidazole rings is 1. The predicted molar refractivity (Wildman–Crippen MR) is 145 cm³/mol. The molecule has 5 aromatic rings. The second-order valence-electron chi connectivity index (χ2n) is 8.51. The van der Waals surface area contributed by atoms with Gasteiger partial charge in [0.05, 0.1) is 40.0 Å². The summed E-state index contributed by atoms with van der Waals surface area (Å²) in [6.45, 7) is 0.906. The van der Waals surface area contributed by atoms with Crippen molar-refractivity contribution in [2.24, 2.45) is 0 Å². The summed E-state index contributed by atoms with van der Waals surface area (Å²) in [5, 5.41) is 2.97. The molecule has 11 heteroatoms. The van der Waals surface area contributed by atoms with Gasteiger partial charge in [-0.25, -0.2) is 9.97 Å². The highest BCUT2D eigenvalue weighted by molar-refractivity contribution is 7.17. The molecule has 5 rings (SSSR count). The number of amides is 2. The first-order valence-corrected chi connectivity index (χ1v) is 12.8. The number of hydrogen-bond donors (Lipinski definition) is 1. The third-order valence-electron chi connectivity index (χ3n) is 6.06. The van der Waals surface area contributed by atoms with Gasteiger partial charge < -0.3 is 18.6 Å². The lowest BCUT2D eigenvalue weighted by Gasteiger charge is -2.17. The van der Waals surface area contributed by atoms with E-state index in [1.165, 1.54) is 17.7 Å². The van der Waals surface area contributed by atoms with E-state index in [-0.39, 0.29) is 18.2 Å². The monoisotopic (exact) mass is 530 g/mol. The number of aromatic nitrogens is 4. The fraction of sp³-hybridized carbons (Fsp3) is 0.222. The Kier molecular flexibility index (Phi) is 7.57. The number of carbonyl (C=O) groups is 2. The zero-order valence-corrected chi connectivity index (χ0v) is 21.8. The average molecular weight is 531 g/mol. The van der Waals surface area contributed by atoms with Gasteiger partial charge in [0.2, 0.25) is 11.9 Å². The molecule has 0 aliphatic rings. The maximum absolute atomic E-state index is 13.2. The molecule has 2 amide bonds. The van der Waals surface area contributed by atoms with Crippen molar-refractivity contribution < 1.29 is 18.7 Å². The molecule has 0 aliphatic carbocycles. The third-order valence-corrected chi connectivity index (χ3v) is 7.16. The molecule has 0 aliphatic heterocycles. The van der Waals surface area contributed by atoms with Crippen LogP contribution in [0.3, 0.4) is 0 Å². The number of benzene rings is 1. The van der Waals surface area contributed by atoms with Crippen LogP contribution in [0.15, 0.2) is 71.7 Å². The molecule has 38 heavy (non-hydrogen) atoms. The minimum absolute atomic E-state index is 0.0606. The summed E-state index contributed by atoms with van der Waals surface area (Å²) in [4.78, 5) is 41.7. The fourth-order valence-corrected chi connectivity index (χ4v) is 4.87. The minimum atomic E-state index is -0.276. The SMILES string of the molecule is COCCC(=O)N(C)c1ccc2c(c1)nc(NC(=O)c1ccc(-c3cnco3)s1)n2CCc1ccccn1. The molecule has 0 saturated carbocycles. The quantitative estimate of drug-likeness (QED) is 0.280. The third kappa shape index (κ3) is 5.48. The fourth-order valence-electron chi connectivity index (χ4n) is 4.01. The highest BCUT2D eigenvalue weighted by Gasteiger charge is 2.19. The Bertz CT molecular complexity index is 1540. The molecule has 4 aromatic heterocycles. The Labute approximate surface area is 222 Å². The Morgan fingerprint density at radius 3 is 2.84 bits per heavy atom. The first kappa shape index (κ1) is 25.3. The van der Waals surface area contributed by atoms with Gasteiger partial charge in [-0.15, -0.1) is 11.3 Å². The number of anilines is 2. The van der Waals surface area contributed by atoms with Gasteiger partial charge in [0.25, 0.3) is 5.91 Å². The van der Waals surface area contributed by atoms with Crippen LogP contribution in [0.1, 0.15) is 21.8 Å². The molecule has 0 saturated heterocycles. The molecule has 1 N–H and O–H groups in total. The van der Waals surface area contributed by atoms with E-state index >= 15 is 0 Å². The lowest BCUT2D eigenvalue weighted by molar-refractivity contribution is -0.119. The summed E-state index contributed by atoms with van der Waals surface area (Å²) in [5.74, 6) is 0.686. The van der Waals surface area contributed by atoms with Gasteiger partial charge in [-0.1, -0.05) is 6.07 Å². The summed E-state index contributed by atoms with van der Waals surface area (Å²) in [5.41, 5.74) is 3.15. The standard InChI is InChI=1S/C27H26N6O4S/c1-32(25(34)11-14-36-2)19-6-7-21-20(15-19)30-27(33(21)13-10-18-5-3-4-12-29-18)31-26(35)24-9-8-23(38-24)22-16-28-17-37-22/h3-9,12,15-17H,10-11,13-14H2,1-2H3,(H,30,31,35). The average Bonchev–Trinajstić information content (AvgIpc) is 3.70. The number of hydrogen-bond acceptors (Lipinski definition) is 8. The molecular formula is C27H26N6O4S. The molecule has 10 nitrogen and oxygen atoms in total. The molecule has 0 radical (unpaired) electrons. The highest BCUT2D eigenvalue weighted by atomic mass is 32.1. The first-order valence-electron chi connectivity index (χ1n) is 12.0. The number of methoxy groups -OCH3 is 1. The molecular weight excluding hydrogens is 504 g/mol. The number of oxazole rings is 1. The van der Waals surface area contributed by atoms with Crippen molar-refractivity contribution in [2.45, 2.75) is 19.4 Å². The normalized spacial score (nSPS) is 11.1. The van der Waals surface area contributed by atoms with E-state index in [0.717, 1.165) is 16.1 Å². The van der Waals surface area contributed by atoms with Gasteiger partial charge in [-0.05, 0) is 42.5 Å². The molecule has 0 unspecified atom stereocenters. The van der Waals surface area contributed by atoms with Gasteiger partial charge in [0.1, 0.15) is 0 Å². The van der Waals surface area contributed by atoms with E-state index in [1.54, 1.807) is 37.5 Å². The maximum Gasteiger partial charge on any atom is 0.268 e. The molecule has 0 bridgehead atoms. The van der Waals surface area contributed by atoms with Crippen molar-refractivity contribution >= 4 is 45.8 Å². The van der Waals surface area contributed by atoms with Crippen molar-refractivity contribution in [2.75, 3.05) is 31.0 Å². The number of fused-ring (bicyclic) bond motifs is 1. The van der Waals surface area contributed by atoms with E-state index in [0.29, 0.717) is 47.4 Å². The largest absolute Gasteiger partial charge is 0.443 e. The van der Waals surface area contributed by atoms with Crippen LogP contribution in [0.4, 0.5) is 11.6 Å². The summed E-state index contributed by atoms with van der Waals surface area (Å²) in [7, 11) is 3.29. The Morgan fingerprint density at radius 1 is 1.18 bits per heavy atom. The van der Waals surface area contributed by atoms with Crippen molar-refractivity contribution in [1.82, 2.24) is 19.5 Å². The zero-order chi connectivity index (χ0) is 26.5. The van der Waals surface area contributed by atoms with Gasteiger partial charge >= 0.3 is 0 Å². The van der Waals surface area contributed by atoms with Gasteiger partial charge in [-0.2, -0.15) is 0 Å². The first-order chi connectivity index (χ1) is 18.5. The number of nitrogens with zero attached hydrogens (tertiary/aromatic N) is 5. The van der Waals surface area contributed by atoms with Crippen LogP contribution >= 0.6 is 11.3 Å². The number of thiophene rings is 1. The van der Waals surface area contributed by atoms with Crippen molar-refractivity contribution in [1.29, 1.82) is 0 Å². The summed E-state index contributed by atoms with van der Waals surface area (Å²) in [6, 6.07) is 15.0. The predicted octanol–water partition coefficient (Wildman–Crippen LogP) is 4.64. The molecule has 4 heterocycles. The van der Waals surface area contributed by atoms with Crippen LogP contribution in [0.25, 0.3) is 21.7 Å². The number of ether oxygens (including phenoxy) is 1. The number of rotatable bonds is 10. The summed E-state index contributed by atoms with van der Waals surface area (Å²) >= 11 is 1.31. The van der Waals surface area contributed by atoms with E-state index in [2.05, 4.69) is 15.3 Å². The number of nitrogens with one attached hydrogen (secondary N) is 1. The number of pyridine rings is 1. The second kappa shape index (κ2) is 11.4. The lowest BCUT2D eigenvalue weighted by atomic mass is 10.2. The molecule has 0 fully saturated rings. The van der Waals surface area contributed by atoms with Crippen LogP contribution < -0.4 is 10.2 Å². The van der Waals surface area contributed by atoms with E-state index in [9.17, 15) is 9.59 Å². The van der Waals surface area contributed by atoms with Crippen LogP contribution in [0.5, 0.6) is 0 Å². The van der Waals surface area contributed by atoms with Crippen molar-refractivity contribution in [3.05, 3.63) is 77.9 Å². The van der Waals surface area contributed by atoms with Crippen molar-refractivity contribution in [3.8, 4) is 10.6 Å². The second-order valence-corrected chi connectivity index (χ2v) is 9.59. The van der Waals surface area contributed by atoms with Crippen molar-refractivity contribution in [3.63, 3.8) is 0 Å². The molecule has 194 valence electrons. The minimum Gasteiger partial charge on any atom is -0.443 e. The van der Waals surface area contributed by atoms with Crippen LogP contribution in [-0.4, -0.2) is 52.1 Å².